The van der Waals surface area contributed by atoms with E-state index in [1.165, 1.54) is 25.5 Å². The van der Waals surface area contributed by atoms with Crippen molar-refractivity contribution in [3.05, 3.63) is 16.3 Å². The van der Waals surface area contributed by atoms with Crippen molar-refractivity contribution in [1.82, 2.24) is 9.97 Å². The molecule has 1 aromatic heterocycles. The van der Waals surface area contributed by atoms with Crippen LogP contribution < -0.4 is 10.6 Å². The predicted molar refractivity (Wildman–Crippen MR) is 80.3 cm³/mol. The summed E-state index contributed by atoms with van der Waals surface area (Å²) in [4.78, 5) is 19.0. The molecule has 2 bridgehead atoms. The van der Waals surface area contributed by atoms with Gasteiger partial charge < -0.3 is 10.6 Å². The van der Waals surface area contributed by atoms with Gasteiger partial charge in [-0.1, -0.05) is 13.3 Å². The van der Waals surface area contributed by atoms with Crippen LogP contribution in [0.4, 0.5) is 17.5 Å². The molecule has 3 atom stereocenters. The zero-order chi connectivity index (χ0) is 14.8. The van der Waals surface area contributed by atoms with E-state index in [2.05, 4.69) is 20.6 Å². The molecule has 0 aromatic carbocycles. The van der Waals surface area contributed by atoms with Crippen LogP contribution in [0.2, 0.25) is 0 Å². The standard InChI is InChI=1S/C14H21N5O2/c1-2-5-15-14-16-8-12(19(20)21)13(18-14)17-11-7-9-3-4-10(11)6-9/h8-11H,2-7H2,1H3,(H2,15,16,17,18). The van der Waals surface area contributed by atoms with E-state index in [4.69, 9.17) is 0 Å². The van der Waals surface area contributed by atoms with Gasteiger partial charge in [0.05, 0.1) is 4.92 Å². The number of nitro groups is 1. The maximum absolute atomic E-state index is 11.1. The molecule has 1 heterocycles. The van der Waals surface area contributed by atoms with E-state index in [9.17, 15) is 10.1 Å². The molecule has 3 rings (SSSR count). The Bertz CT molecular complexity index is 536. The summed E-state index contributed by atoms with van der Waals surface area (Å²) in [6.45, 7) is 2.80. The molecule has 21 heavy (non-hydrogen) atoms. The lowest BCUT2D eigenvalue weighted by molar-refractivity contribution is -0.384. The molecule has 1 aromatic rings. The predicted octanol–water partition coefficient (Wildman–Crippen LogP) is 2.81. The third-order valence-electron chi connectivity index (χ3n) is 4.56. The summed E-state index contributed by atoms with van der Waals surface area (Å²) in [5.74, 6) is 2.22. The molecule has 0 saturated heterocycles. The quantitative estimate of drug-likeness (QED) is 0.618. The molecule has 0 spiro atoms. The Morgan fingerprint density at radius 2 is 2.29 bits per heavy atom. The molecular formula is C14H21N5O2. The molecule has 2 aliphatic rings. The monoisotopic (exact) mass is 291 g/mol. The second-order valence-electron chi connectivity index (χ2n) is 6.04. The minimum Gasteiger partial charge on any atom is -0.361 e. The Labute approximate surface area is 123 Å². The molecule has 0 aliphatic heterocycles. The number of nitrogens with one attached hydrogen (secondary N) is 2. The number of fused-ring (bicyclic) bond motifs is 2. The van der Waals surface area contributed by atoms with Gasteiger partial charge in [-0.25, -0.2) is 4.98 Å². The van der Waals surface area contributed by atoms with E-state index in [-0.39, 0.29) is 5.69 Å². The average Bonchev–Trinajstić information content (AvgIpc) is 3.07. The van der Waals surface area contributed by atoms with Crippen molar-refractivity contribution < 1.29 is 4.92 Å². The number of hydrogen-bond acceptors (Lipinski definition) is 6. The topological polar surface area (TPSA) is 93.0 Å². The van der Waals surface area contributed by atoms with Crippen molar-refractivity contribution >= 4 is 17.5 Å². The largest absolute Gasteiger partial charge is 0.361 e. The molecule has 2 fully saturated rings. The van der Waals surface area contributed by atoms with Crippen LogP contribution in [-0.2, 0) is 0 Å². The van der Waals surface area contributed by atoms with E-state index in [1.54, 1.807) is 0 Å². The number of aromatic nitrogens is 2. The molecular weight excluding hydrogens is 270 g/mol. The van der Waals surface area contributed by atoms with E-state index in [0.717, 1.165) is 25.3 Å². The highest BCUT2D eigenvalue weighted by molar-refractivity contribution is 5.57. The number of hydrogen-bond donors (Lipinski definition) is 2. The van der Waals surface area contributed by atoms with Crippen LogP contribution in [0.3, 0.4) is 0 Å². The molecule has 2 saturated carbocycles. The van der Waals surface area contributed by atoms with Gasteiger partial charge in [-0.3, -0.25) is 10.1 Å². The van der Waals surface area contributed by atoms with Crippen molar-refractivity contribution in [2.45, 2.75) is 45.1 Å². The van der Waals surface area contributed by atoms with Crippen molar-refractivity contribution in [1.29, 1.82) is 0 Å². The van der Waals surface area contributed by atoms with E-state index in [1.807, 2.05) is 6.92 Å². The van der Waals surface area contributed by atoms with Crippen LogP contribution in [0.25, 0.3) is 0 Å². The fraction of sp³-hybridized carbons (Fsp3) is 0.714. The van der Waals surface area contributed by atoms with Crippen molar-refractivity contribution in [3.63, 3.8) is 0 Å². The maximum Gasteiger partial charge on any atom is 0.329 e. The molecule has 2 N–H and O–H groups in total. The first-order chi connectivity index (χ1) is 10.2. The van der Waals surface area contributed by atoms with E-state index < -0.39 is 4.92 Å². The third-order valence-corrected chi connectivity index (χ3v) is 4.56. The van der Waals surface area contributed by atoms with Gasteiger partial charge in [0.25, 0.3) is 0 Å². The van der Waals surface area contributed by atoms with Crippen LogP contribution in [0.5, 0.6) is 0 Å². The molecule has 7 nitrogen and oxygen atoms in total. The third kappa shape index (κ3) is 2.91. The summed E-state index contributed by atoms with van der Waals surface area (Å²) in [6.07, 6.45) is 7.12. The number of rotatable bonds is 6. The van der Waals surface area contributed by atoms with Crippen molar-refractivity contribution in [2.75, 3.05) is 17.2 Å². The van der Waals surface area contributed by atoms with Crippen LogP contribution in [-0.4, -0.2) is 27.5 Å². The fourth-order valence-electron chi connectivity index (χ4n) is 3.53. The molecule has 3 unspecified atom stereocenters. The minimum atomic E-state index is -0.418. The first-order valence-electron chi connectivity index (χ1n) is 7.69. The summed E-state index contributed by atoms with van der Waals surface area (Å²) < 4.78 is 0. The Morgan fingerprint density at radius 3 is 2.90 bits per heavy atom. The molecule has 0 radical (unpaired) electrons. The van der Waals surface area contributed by atoms with Crippen molar-refractivity contribution in [2.24, 2.45) is 11.8 Å². The van der Waals surface area contributed by atoms with Crippen LogP contribution in [0.15, 0.2) is 6.20 Å². The second-order valence-corrected chi connectivity index (χ2v) is 6.04. The lowest BCUT2D eigenvalue weighted by atomic mass is 9.95. The van der Waals surface area contributed by atoms with Gasteiger partial charge >= 0.3 is 5.69 Å². The van der Waals surface area contributed by atoms with E-state index >= 15 is 0 Å². The van der Waals surface area contributed by atoms with Crippen LogP contribution in [0, 0.1) is 22.0 Å². The van der Waals surface area contributed by atoms with Gasteiger partial charge in [0.15, 0.2) is 0 Å². The van der Waals surface area contributed by atoms with Gasteiger partial charge in [-0.2, -0.15) is 4.98 Å². The lowest BCUT2D eigenvalue weighted by Crippen LogP contribution is -2.27. The summed E-state index contributed by atoms with van der Waals surface area (Å²) in [5.41, 5.74) is -0.0418. The van der Waals surface area contributed by atoms with Gasteiger partial charge in [0, 0.05) is 12.6 Å². The number of anilines is 2. The Hall–Kier alpha value is -1.92. The molecule has 2 aliphatic carbocycles. The first-order valence-corrected chi connectivity index (χ1v) is 7.69. The van der Waals surface area contributed by atoms with Gasteiger partial charge in [0.2, 0.25) is 11.8 Å². The van der Waals surface area contributed by atoms with Crippen LogP contribution in [0.1, 0.15) is 39.0 Å². The first kappa shape index (κ1) is 14.0. The van der Waals surface area contributed by atoms with E-state index in [0.29, 0.717) is 23.7 Å². The summed E-state index contributed by atoms with van der Waals surface area (Å²) >= 11 is 0. The molecule has 7 heteroatoms. The fourth-order valence-corrected chi connectivity index (χ4v) is 3.53. The Morgan fingerprint density at radius 1 is 1.43 bits per heavy atom. The number of nitrogens with zero attached hydrogens (tertiary/aromatic N) is 3. The van der Waals surface area contributed by atoms with Gasteiger partial charge in [0.1, 0.15) is 6.20 Å². The Kier molecular flexibility index (Phi) is 3.90. The van der Waals surface area contributed by atoms with Gasteiger partial charge in [-0.15, -0.1) is 0 Å². The Balaban J connectivity index is 1.78. The normalized spacial score (nSPS) is 26.8. The summed E-state index contributed by atoms with van der Waals surface area (Å²) in [5, 5.41) is 17.5. The highest BCUT2D eigenvalue weighted by atomic mass is 16.6. The minimum absolute atomic E-state index is 0.0418. The van der Waals surface area contributed by atoms with Crippen molar-refractivity contribution in [3.8, 4) is 0 Å². The zero-order valence-electron chi connectivity index (χ0n) is 12.2. The summed E-state index contributed by atoms with van der Waals surface area (Å²) in [7, 11) is 0. The highest BCUT2D eigenvalue weighted by Crippen LogP contribution is 2.45. The molecule has 114 valence electrons. The van der Waals surface area contributed by atoms with Gasteiger partial charge in [-0.05, 0) is 37.5 Å². The second kappa shape index (κ2) is 5.83. The highest BCUT2D eigenvalue weighted by Gasteiger charge is 2.40. The van der Waals surface area contributed by atoms with Crippen LogP contribution >= 0.6 is 0 Å². The summed E-state index contributed by atoms with van der Waals surface area (Å²) in [6, 6.07) is 0.316. The SMILES string of the molecule is CCCNc1ncc([N+](=O)[O-])c(NC2CC3CCC2C3)n1. The maximum atomic E-state index is 11.1. The molecule has 0 amide bonds. The smallest absolute Gasteiger partial charge is 0.329 e. The lowest BCUT2D eigenvalue weighted by Gasteiger charge is -2.23. The average molecular weight is 291 g/mol. The zero-order valence-corrected chi connectivity index (χ0v) is 12.2.